The van der Waals surface area contributed by atoms with E-state index in [1.807, 2.05) is 91.9 Å². The molecular formula is C29H26N2O2. The monoisotopic (exact) mass is 434 g/mol. The smallest absolute Gasteiger partial charge is 0.124 e. The highest BCUT2D eigenvalue weighted by molar-refractivity contribution is 6.15. The standard InChI is InChI=1S/C29H26N2O2/c1-21(31-29(23-14-6-3-7-15-23)25-17-9-11-19-27(25)33)20-30-28(22-12-4-2-5-13-22)24-16-8-10-18-26(24)32/h2-19,21,32-33H,20H2,1H3/t21-/m1/s1. The summed E-state index contributed by atoms with van der Waals surface area (Å²) in [6, 6.07) is 34.0. The molecule has 33 heavy (non-hydrogen) atoms. The second-order valence-corrected chi connectivity index (χ2v) is 7.78. The third-order valence-corrected chi connectivity index (χ3v) is 5.28. The zero-order valence-corrected chi connectivity index (χ0v) is 18.5. The number of para-hydroxylation sites is 2. The molecule has 0 aliphatic carbocycles. The largest absolute Gasteiger partial charge is 0.507 e. The van der Waals surface area contributed by atoms with E-state index in [4.69, 9.17) is 9.98 Å². The summed E-state index contributed by atoms with van der Waals surface area (Å²) >= 11 is 0. The Morgan fingerprint density at radius 2 is 1.03 bits per heavy atom. The Balaban J connectivity index is 1.71. The van der Waals surface area contributed by atoms with Crippen molar-refractivity contribution in [3.05, 3.63) is 131 Å². The van der Waals surface area contributed by atoms with E-state index in [0.29, 0.717) is 17.7 Å². The van der Waals surface area contributed by atoms with Gasteiger partial charge in [-0.25, -0.2) is 0 Å². The van der Waals surface area contributed by atoms with Crippen molar-refractivity contribution in [2.24, 2.45) is 9.98 Å². The van der Waals surface area contributed by atoms with Crippen LogP contribution >= 0.6 is 0 Å². The molecule has 0 aromatic heterocycles. The van der Waals surface area contributed by atoms with Crippen LogP contribution in [0.1, 0.15) is 29.2 Å². The van der Waals surface area contributed by atoms with Crippen LogP contribution in [0.4, 0.5) is 0 Å². The van der Waals surface area contributed by atoms with Crippen LogP contribution in [-0.2, 0) is 0 Å². The first-order valence-electron chi connectivity index (χ1n) is 10.9. The first kappa shape index (κ1) is 22.0. The molecule has 4 aromatic rings. The maximum absolute atomic E-state index is 10.5. The topological polar surface area (TPSA) is 65.2 Å². The minimum Gasteiger partial charge on any atom is -0.507 e. The molecule has 0 bridgehead atoms. The van der Waals surface area contributed by atoms with Crippen molar-refractivity contribution in [1.82, 2.24) is 0 Å². The highest BCUT2D eigenvalue weighted by atomic mass is 16.3. The quantitative estimate of drug-likeness (QED) is 0.358. The van der Waals surface area contributed by atoms with Crippen LogP contribution in [0.15, 0.2) is 119 Å². The molecule has 0 heterocycles. The average Bonchev–Trinajstić information content (AvgIpc) is 2.85. The summed E-state index contributed by atoms with van der Waals surface area (Å²) in [6.07, 6.45) is 0. The van der Waals surface area contributed by atoms with Crippen LogP contribution < -0.4 is 0 Å². The van der Waals surface area contributed by atoms with Crippen molar-refractivity contribution in [2.45, 2.75) is 13.0 Å². The van der Waals surface area contributed by atoms with Gasteiger partial charge in [0.1, 0.15) is 11.5 Å². The van der Waals surface area contributed by atoms with Crippen molar-refractivity contribution in [1.29, 1.82) is 0 Å². The van der Waals surface area contributed by atoms with Gasteiger partial charge >= 0.3 is 0 Å². The zero-order valence-electron chi connectivity index (χ0n) is 18.5. The lowest BCUT2D eigenvalue weighted by atomic mass is 10.0. The molecule has 0 spiro atoms. The second kappa shape index (κ2) is 10.4. The molecule has 164 valence electrons. The van der Waals surface area contributed by atoms with Gasteiger partial charge in [0.2, 0.25) is 0 Å². The van der Waals surface area contributed by atoms with E-state index in [2.05, 4.69) is 0 Å². The molecule has 0 aliphatic rings. The number of aromatic hydroxyl groups is 2. The summed E-state index contributed by atoms with van der Waals surface area (Å²) in [6.45, 7) is 2.42. The highest BCUT2D eigenvalue weighted by Gasteiger charge is 2.14. The van der Waals surface area contributed by atoms with E-state index in [9.17, 15) is 10.2 Å². The number of benzene rings is 4. The fraction of sp³-hybridized carbons (Fsp3) is 0.103. The number of aliphatic imine (C=N–C) groups is 2. The van der Waals surface area contributed by atoms with Gasteiger partial charge in [-0.15, -0.1) is 0 Å². The lowest BCUT2D eigenvalue weighted by Crippen LogP contribution is -2.14. The Morgan fingerprint density at radius 3 is 1.55 bits per heavy atom. The molecule has 4 aromatic carbocycles. The van der Waals surface area contributed by atoms with Gasteiger partial charge in [-0.1, -0.05) is 84.9 Å². The van der Waals surface area contributed by atoms with Crippen molar-refractivity contribution >= 4 is 11.4 Å². The molecule has 0 aliphatic heterocycles. The fourth-order valence-corrected chi connectivity index (χ4v) is 3.66. The van der Waals surface area contributed by atoms with Crippen LogP contribution in [0.2, 0.25) is 0 Å². The predicted octanol–water partition coefficient (Wildman–Crippen LogP) is 5.86. The van der Waals surface area contributed by atoms with Crippen LogP contribution in [0.5, 0.6) is 11.5 Å². The molecule has 0 saturated carbocycles. The van der Waals surface area contributed by atoms with Crippen LogP contribution in [0, 0.1) is 0 Å². The molecular weight excluding hydrogens is 408 g/mol. The Bertz CT molecular complexity index is 1270. The number of nitrogens with zero attached hydrogens (tertiary/aromatic N) is 2. The summed E-state index contributed by atoms with van der Waals surface area (Å²) < 4.78 is 0. The van der Waals surface area contributed by atoms with E-state index in [1.54, 1.807) is 24.3 Å². The summed E-state index contributed by atoms with van der Waals surface area (Å²) in [4.78, 5) is 9.82. The van der Waals surface area contributed by atoms with Gasteiger partial charge in [0, 0.05) is 22.3 Å². The third kappa shape index (κ3) is 5.36. The van der Waals surface area contributed by atoms with Gasteiger partial charge in [-0.2, -0.15) is 0 Å². The van der Waals surface area contributed by atoms with Gasteiger partial charge in [0.05, 0.1) is 24.0 Å². The lowest BCUT2D eigenvalue weighted by molar-refractivity contribution is 0.473. The molecule has 0 amide bonds. The minimum atomic E-state index is -0.163. The second-order valence-electron chi connectivity index (χ2n) is 7.78. The molecule has 0 fully saturated rings. The molecule has 0 unspecified atom stereocenters. The van der Waals surface area contributed by atoms with E-state index < -0.39 is 0 Å². The van der Waals surface area contributed by atoms with Gasteiger partial charge in [-0.3, -0.25) is 9.98 Å². The Morgan fingerprint density at radius 1 is 0.606 bits per heavy atom. The molecule has 2 N–H and O–H groups in total. The number of hydrogen-bond acceptors (Lipinski definition) is 4. The third-order valence-electron chi connectivity index (χ3n) is 5.28. The summed E-state index contributed by atoms with van der Waals surface area (Å²) in [7, 11) is 0. The van der Waals surface area contributed by atoms with Crippen molar-refractivity contribution < 1.29 is 10.2 Å². The molecule has 0 saturated heterocycles. The zero-order chi connectivity index (χ0) is 23.0. The van der Waals surface area contributed by atoms with Crippen molar-refractivity contribution in [3.8, 4) is 11.5 Å². The molecule has 4 nitrogen and oxygen atoms in total. The fourth-order valence-electron chi connectivity index (χ4n) is 3.66. The van der Waals surface area contributed by atoms with Gasteiger partial charge in [0.15, 0.2) is 0 Å². The SMILES string of the molecule is C[C@H](CN=C(c1ccccc1)c1ccccc1O)N=C(c1ccccc1)c1ccccc1O. The molecule has 4 rings (SSSR count). The Hall–Kier alpha value is -4.18. The van der Waals surface area contributed by atoms with Crippen molar-refractivity contribution in [3.63, 3.8) is 0 Å². The summed E-state index contributed by atoms with van der Waals surface area (Å²) in [5, 5.41) is 20.9. The van der Waals surface area contributed by atoms with Crippen LogP contribution in [0.3, 0.4) is 0 Å². The van der Waals surface area contributed by atoms with E-state index in [0.717, 1.165) is 22.6 Å². The van der Waals surface area contributed by atoms with Crippen LogP contribution in [-0.4, -0.2) is 34.2 Å². The number of phenols is 2. The van der Waals surface area contributed by atoms with Gasteiger partial charge in [0.25, 0.3) is 0 Å². The summed E-state index contributed by atoms with van der Waals surface area (Å²) in [5.41, 5.74) is 4.67. The predicted molar refractivity (Wildman–Crippen MR) is 135 cm³/mol. The number of rotatable bonds is 7. The molecule has 4 heteroatoms. The van der Waals surface area contributed by atoms with Crippen LogP contribution in [0.25, 0.3) is 0 Å². The maximum atomic E-state index is 10.5. The maximum Gasteiger partial charge on any atom is 0.124 e. The van der Waals surface area contributed by atoms with E-state index >= 15 is 0 Å². The van der Waals surface area contributed by atoms with E-state index in [1.165, 1.54) is 0 Å². The molecule has 1 atom stereocenters. The number of phenolic OH excluding ortho intramolecular Hbond substituents is 2. The summed E-state index contributed by atoms with van der Waals surface area (Å²) in [5.74, 6) is 0.380. The lowest BCUT2D eigenvalue weighted by Gasteiger charge is -2.14. The Kier molecular flexibility index (Phi) is 6.96. The molecule has 0 radical (unpaired) electrons. The Labute approximate surface area is 194 Å². The first-order valence-corrected chi connectivity index (χ1v) is 10.9. The van der Waals surface area contributed by atoms with Crippen molar-refractivity contribution in [2.75, 3.05) is 6.54 Å². The normalized spacial score (nSPS) is 13.0. The van der Waals surface area contributed by atoms with E-state index in [-0.39, 0.29) is 17.5 Å². The number of hydrogen-bond donors (Lipinski definition) is 2. The first-order chi connectivity index (χ1) is 16.1. The minimum absolute atomic E-state index is 0.163. The van der Waals surface area contributed by atoms with Gasteiger partial charge in [-0.05, 0) is 31.2 Å². The van der Waals surface area contributed by atoms with Gasteiger partial charge < -0.3 is 10.2 Å². The highest BCUT2D eigenvalue weighted by Crippen LogP contribution is 2.23. The average molecular weight is 435 g/mol.